The van der Waals surface area contributed by atoms with Gasteiger partial charge in [-0.1, -0.05) is 11.8 Å². The van der Waals surface area contributed by atoms with Crippen molar-refractivity contribution >= 4 is 29.3 Å². The summed E-state index contributed by atoms with van der Waals surface area (Å²) in [4.78, 5) is 8.69. The molecule has 1 N–H and O–H groups in total. The lowest BCUT2D eigenvalue weighted by Crippen LogP contribution is -1.98. The molecule has 15 heavy (non-hydrogen) atoms. The molecule has 0 aliphatic heterocycles. The van der Waals surface area contributed by atoms with Crippen molar-refractivity contribution in [2.24, 2.45) is 0 Å². The Labute approximate surface area is 98.6 Å². The molecular formula is C9H15N3OS2. The van der Waals surface area contributed by atoms with Gasteiger partial charge in [-0.25, -0.2) is 9.97 Å². The molecule has 0 fully saturated rings. The summed E-state index contributed by atoms with van der Waals surface area (Å²) in [6.07, 6.45) is 1.97. The number of methoxy groups -OCH3 is 1. The van der Waals surface area contributed by atoms with Crippen LogP contribution in [0.25, 0.3) is 0 Å². The summed E-state index contributed by atoms with van der Waals surface area (Å²) in [7, 11) is 3.56. The van der Waals surface area contributed by atoms with Crippen LogP contribution in [0.1, 0.15) is 0 Å². The van der Waals surface area contributed by atoms with Crippen LogP contribution in [0.15, 0.2) is 16.2 Å². The minimum atomic E-state index is 0.734. The number of anilines is 1. The van der Waals surface area contributed by atoms with Gasteiger partial charge in [0.15, 0.2) is 5.16 Å². The maximum absolute atomic E-state index is 4.99. The highest BCUT2D eigenvalue weighted by molar-refractivity contribution is 7.99. The summed E-state index contributed by atoms with van der Waals surface area (Å²) in [5.41, 5.74) is 0. The maximum atomic E-state index is 4.99. The summed E-state index contributed by atoms with van der Waals surface area (Å²) in [6.45, 7) is 0.734. The Kier molecular flexibility index (Phi) is 5.82. The first-order valence-corrected chi connectivity index (χ1v) is 6.73. The zero-order valence-corrected chi connectivity index (χ0v) is 10.7. The van der Waals surface area contributed by atoms with Gasteiger partial charge in [-0.15, -0.1) is 11.8 Å². The number of hydrogen-bond donors (Lipinski definition) is 1. The van der Waals surface area contributed by atoms with Crippen molar-refractivity contribution < 1.29 is 4.74 Å². The fourth-order valence-electron chi connectivity index (χ4n) is 0.927. The lowest BCUT2D eigenvalue weighted by Gasteiger charge is -2.05. The molecule has 6 heteroatoms. The van der Waals surface area contributed by atoms with Gasteiger partial charge >= 0.3 is 0 Å². The second-order valence-corrected chi connectivity index (χ2v) is 4.56. The summed E-state index contributed by atoms with van der Waals surface area (Å²) in [5, 5.41) is 4.80. The minimum Gasteiger partial charge on any atom is -0.384 e. The monoisotopic (exact) mass is 245 g/mol. The van der Waals surface area contributed by atoms with Gasteiger partial charge in [0.25, 0.3) is 0 Å². The van der Waals surface area contributed by atoms with Crippen molar-refractivity contribution in [2.45, 2.75) is 10.2 Å². The van der Waals surface area contributed by atoms with Gasteiger partial charge in [0.2, 0.25) is 0 Å². The Morgan fingerprint density at radius 3 is 2.87 bits per heavy atom. The van der Waals surface area contributed by atoms with Gasteiger partial charge < -0.3 is 10.1 Å². The van der Waals surface area contributed by atoms with E-state index in [-0.39, 0.29) is 0 Å². The largest absolute Gasteiger partial charge is 0.384 e. The van der Waals surface area contributed by atoms with Crippen molar-refractivity contribution in [1.29, 1.82) is 0 Å². The standard InChI is InChI=1S/C9H15N3OS2/c1-10-7-6-8(15-5-4-13-2)12-9(11-7)14-3/h6H,4-5H2,1-3H3,(H,10,11,12). The Morgan fingerprint density at radius 1 is 1.47 bits per heavy atom. The van der Waals surface area contributed by atoms with E-state index in [4.69, 9.17) is 4.74 Å². The molecule has 0 aliphatic carbocycles. The number of aromatic nitrogens is 2. The molecule has 0 unspecified atom stereocenters. The number of ether oxygens (including phenoxy) is 1. The molecule has 0 amide bonds. The van der Waals surface area contributed by atoms with Crippen LogP contribution >= 0.6 is 23.5 Å². The predicted octanol–water partition coefficient (Wildman–Crippen LogP) is 1.98. The first kappa shape index (κ1) is 12.6. The molecule has 1 rings (SSSR count). The third-order valence-corrected chi connectivity index (χ3v) is 3.08. The van der Waals surface area contributed by atoms with Gasteiger partial charge in [-0.3, -0.25) is 0 Å². The maximum Gasteiger partial charge on any atom is 0.190 e. The van der Waals surface area contributed by atoms with Gasteiger partial charge in [-0.2, -0.15) is 0 Å². The molecule has 0 radical (unpaired) electrons. The zero-order valence-electron chi connectivity index (χ0n) is 9.11. The van der Waals surface area contributed by atoms with E-state index >= 15 is 0 Å². The Hall–Kier alpha value is -0.460. The minimum absolute atomic E-state index is 0.734. The molecule has 4 nitrogen and oxygen atoms in total. The first-order valence-electron chi connectivity index (χ1n) is 4.52. The van der Waals surface area contributed by atoms with E-state index in [2.05, 4.69) is 15.3 Å². The van der Waals surface area contributed by atoms with Crippen LogP contribution in [0, 0.1) is 0 Å². The highest BCUT2D eigenvalue weighted by Gasteiger charge is 2.03. The lowest BCUT2D eigenvalue weighted by atomic mass is 10.6. The molecule has 0 bridgehead atoms. The van der Waals surface area contributed by atoms with Gasteiger partial charge in [-0.05, 0) is 6.26 Å². The van der Waals surface area contributed by atoms with E-state index in [9.17, 15) is 0 Å². The van der Waals surface area contributed by atoms with Crippen LogP contribution in [0.5, 0.6) is 0 Å². The average molecular weight is 245 g/mol. The molecule has 0 saturated carbocycles. The average Bonchev–Trinajstić information content (AvgIpc) is 2.29. The summed E-state index contributed by atoms with van der Waals surface area (Å²) < 4.78 is 4.99. The fourth-order valence-corrected chi connectivity index (χ4v) is 2.17. The summed E-state index contributed by atoms with van der Waals surface area (Å²) >= 11 is 3.22. The van der Waals surface area contributed by atoms with Crippen LogP contribution in [0.2, 0.25) is 0 Å². The van der Waals surface area contributed by atoms with E-state index in [1.807, 2.05) is 19.4 Å². The first-order chi connectivity index (χ1) is 7.30. The van der Waals surface area contributed by atoms with Crippen LogP contribution in [-0.4, -0.2) is 42.7 Å². The summed E-state index contributed by atoms with van der Waals surface area (Å²) in [5.74, 6) is 1.76. The molecule has 0 atom stereocenters. The second-order valence-electron chi connectivity index (χ2n) is 2.67. The quantitative estimate of drug-likeness (QED) is 0.358. The Bertz CT molecular complexity index is 287. The molecule has 1 heterocycles. The van der Waals surface area contributed by atoms with Crippen LogP contribution in [0.4, 0.5) is 5.82 Å². The van der Waals surface area contributed by atoms with Crippen molar-refractivity contribution in [3.05, 3.63) is 6.07 Å². The van der Waals surface area contributed by atoms with E-state index in [1.165, 1.54) is 0 Å². The molecule has 84 valence electrons. The number of rotatable bonds is 6. The fraction of sp³-hybridized carbons (Fsp3) is 0.556. The smallest absolute Gasteiger partial charge is 0.190 e. The van der Waals surface area contributed by atoms with Crippen molar-refractivity contribution in [2.75, 3.05) is 38.1 Å². The van der Waals surface area contributed by atoms with Gasteiger partial charge in [0, 0.05) is 26.0 Å². The third-order valence-electron chi connectivity index (χ3n) is 1.66. The Morgan fingerprint density at radius 2 is 2.27 bits per heavy atom. The van der Waals surface area contributed by atoms with E-state index < -0.39 is 0 Å². The highest BCUT2D eigenvalue weighted by atomic mass is 32.2. The SMILES string of the molecule is CNc1cc(SCCOC)nc(SC)n1. The van der Waals surface area contributed by atoms with E-state index in [0.29, 0.717) is 0 Å². The molecule has 0 aliphatic rings. The van der Waals surface area contributed by atoms with Crippen LogP contribution in [0.3, 0.4) is 0 Å². The summed E-state index contributed by atoms with van der Waals surface area (Å²) in [6, 6.07) is 1.94. The number of nitrogens with one attached hydrogen (secondary N) is 1. The molecule has 1 aromatic heterocycles. The normalized spacial score (nSPS) is 10.3. The topological polar surface area (TPSA) is 47.0 Å². The number of nitrogens with zero attached hydrogens (tertiary/aromatic N) is 2. The van der Waals surface area contributed by atoms with Crippen LogP contribution in [-0.2, 0) is 4.74 Å². The number of thioether (sulfide) groups is 2. The van der Waals surface area contributed by atoms with Crippen LogP contribution < -0.4 is 5.32 Å². The van der Waals surface area contributed by atoms with Crippen molar-refractivity contribution in [1.82, 2.24) is 9.97 Å². The molecule has 0 saturated heterocycles. The van der Waals surface area contributed by atoms with Crippen molar-refractivity contribution in [3.8, 4) is 0 Å². The lowest BCUT2D eigenvalue weighted by molar-refractivity contribution is 0.218. The molecular weight excluding hydrogens is 230 g/mol. The van der Waals surface area contributed by atoms with Gasteiger partial charge in [0.1, 0.15) is 10.8 Å². The molecule has 0 spiro atoms. The second kappa shape index (κ2) is 6.92. The van der Waals surface area contributed by atoms with Gasteiger partial charge in [0.05, 0.1) is 6.61 Å². The molecule has 1 aromatic rings. The predicted molar refractivity (Wildman–Crippen MR) is 66.0 cm³/mol. The van der Waals surface area contributed by atoms with E-state index in [1.54, 1.807) is 30.6 Å². The van der Waals surface area contributed by atoms with E-state index in [0.717, 1.165) is 28.4 Å². The zero-order chi connectivity index (χ0) is 11.1. The number of hydrogen-bond acceptors (Lipinski definition) is 6. The third kappa shape index (κ3) is 4.27. The van der Waals surface area contributed by atoms with Crippen molar-refractivity contribution in [3.63, 3.8) is 0 Å². The highest BCUT2D eigenvalue weighted by Crippen LogP contribution is 2.21. The Balaban J connectivity index is 2.68. The molecule has 0 aromatic carbocycles.